The van der Waals surface area contributed by atoms with Crippen LogP contribution in [-0.2, 0) is 22.4 Å². The number of hydrogen-bond acceptors (Lipinski definition) is 4. The van der Waals surface area contributed by atoms with Gasteiger partial charge in [-0.1, -0.05) is 17.7 Å². The molecule has 0 fully saturated rings. The van der Waals surface area contributed by atoms with Crippen LogP contribution in [0.2, 0.25) is 5.02 Å². The van der Waals surface area contributed by atoms with Crippen molar-refractivity contribution in [2.75, 3.05) is 11.9 Å². The highest BCUT2D eigenvalue weighted by molar-refractivity contribution is 6.31. The number of rotatable bonds is 9. The van der Waals surface area contributed by atoms with E-state index < -0.39 is 0 Å². The topological polar surface area (TPSA) is 69.0 Å². The number of nitrogens with one attached hydrogen (secondary N) is 1. The standard InChI is InChI=1S/C20H29ClN4O2/c1-13(2)25-18(23-24-19(25)11-12-27-14(3)4)9-10-20(26)22-17-8-6-7-16(21)15(17)5/h6-8,13-14H,9-12H2,1-5H3,(H,22,26). The van der Waals surface area contributed by atoms with E-state index in [9.17, 15) is 4.79 Å². The molecule has 0 radical (unpaired) electrons. The minimum atomic E-state index is -0.0663. The van der Waals surface area contributed by atoms with Gasteiger partial charge in [0.2, 0.25) is 5.91 Å². The van der Waals surface area contributed by atoms with Crippen LogP contribution in [0.15, 0.2) is 18.2 Å². The Kier molecular flexibility index (Phi) is 7.80. The summed E-state index contributed by atoms with van der Waals surface area (Å²) in [5.74, 6) is 1.65. The van der Waals surface area contributed by atoms with Crippen LogP contribution in [0.4, 0.5) is 5.69 Å². The second-order valence-corrected chi connectivity index (χ2v) is 7.53. The molecule has 148 valence electrons. The van der Waals surface area contributed by atoms with Gasteiger partial charge in [0.1, 0.15) is 11.6 Å². The van der Waals surface area contributed by atoms with Gasteiger partial charge in [0.15, 0.2) is 0 Å². The van der Waals surface area contributed by atoms with Crippen molar-refractivity contribution >= 4 is 23.2 Å². The molecule has 6 nitrogen and oxygen atoms in total. The fraction of sp³-hybridized carbons (Fsp3) is 0.550. The summed E-state index contributed by atoms with van der Waals surface area (Å²) < 4.78 is 7.72. The number of anilines is 1. The molecule has 27 heavy (non-hydrogen) atoms. The summed E-state index contributed by atoms with van der Waals surface area (Å²) in [5.41, 5.74) is 1.61. The molecule has 7 heteroatoms. The predicted molar refractivity (Wildman–Crippen MR) is 108 cm³/mol. The maximum Gasteiger partial charge on any atom is 0.224 e. The number of aromatic nitrogens is 3. The first kappa shape index (κ1) is 21.4. The first-order chi connectivity index (χ1) is 12.8. The van der Waals surface area contributed by atoms with Gasteiger partial charge in [-0.05, 0) is 52.3 Å². The molecule has 2 aromatic rings. The summed E-state index contributed by atoms with van der Waals surface area (Å²) in [7, 11) is 0. The summed E-state index contributed by atoms with van der Waals surface area (Å²) in [5, 5.41) is 12.2. The molecule has 1 aromatic heterocycles. The number of amides is 1. The zero-order valence-electron chi connectivity index (χ0n) is 16.8. The van der Waals surface area contributed by atoms with Gasteiger partial charge in [0, 0.05) is 36.0 Å². The van der Waals surface area contributed by atoms with E-state index in [0.29, 0.717) is 30.9 Å². The molecule has 1 aromatic carbocycles. The lowest BCUT2D eigenvalue weighted by Gasteiger charge is -2.15. The van der Waals surface area contributed by atoms with Gasteiger partial charge in [0.05, 0.1) is 12.7 Å². The van der Waals surface area contributed by atoms with Crippen LogP contribution in [0.1, 0.15) is 57.4 Å². The van der Waals surface area contributed by atoms with Crippen LogP contribution in [0, 0.1) is 6.92 Å². The van der Waals surface area contributed by atoms with Crippen LogP contribution in [0.3, 0.4) is 0 Å². The largest absolute Gasteiger partial charge is 0.378 e. The minimum absolute atomic E-state index is 0.0663. The summed E-state index contributed by atoms with van der Waals surface area (Å²) in [4.78, 5) is 12.4. The average Bonchev–Trinajstić information content (AvgIpc) is 3.00. The second kappa shape index (κ2) is 9.85. The molecular weight excluding hydrogens is 364 g/mol. The summed E-state index contributed by atoms with van der Waals surface area (Å²) in [6, 6.07) is 5.71. The van der Waals surface area contributed by atoms with E-state index in [-0.39, 0.29) is 18.1 Å². The van der Waals surface area contributed by atoms with Gasteiger partial charge in [-0.25, -0.2) is 0 Å². The third-order valence-corrected chi connectivity index (χ3v) is 4.66. The van der Waals surface area contributed by atoms with E-state index in [2.05, 4.69) is 33.9 Å². The van der Waals surface area contributed by atoms with Crippen LogP contribution in [0.5, 0.6) is 0 Å². The van der Waals surface area contributed by atoms with E-state index in [1.807, 2.05) is 39.0 Å². The van der Waals surface area contributed by atoms with Crippen molar-refractivity contribution in [2.24, 2.45) is 0 Å². The lowest BCUT2D eigenvalue weighted by molar-refractivity contribution is -0.116. The SMILES string of the molecule is Cc1c(Cl)cccc1NC(=O)CCc1nnc(CCOC(C)C)n1C(C)C. The van der Waals surface area contributed by atoms with Crippen molar-refractivity contribution in [3.05, 3.63) is 40.4 Å². The lowest BCUT2D eigenvalue weighted by atomic mass is 10.2. The molecule has 0 saturated carbocycles. The summed E-state index contributed by atoms with van der Waals surface area (Å²) >= 11 is 6.11. The fourth-order valence-corrected chi connectivity index (χ4v) is 3.04. The van der Waals surface area contributed by atoms with Gasteiger partial charge in [-0.2, -0.15) is 0 Å². The van der Waals surface area contributed by atoms with Crippen molar-refractivity contribution in [1.82, 2.24) is 14.8 Å². The maximum atomic E-state index is 12.4. The second-order valence-electron chi connectivity index (χ2n) is 7.13. The van der Waals surface area contributed by atoms with Gasteiger partial charge in [-0.15, -0.1) is 10.2 Å². The van der Waals surface area contributed by atoms with Crippen LogP contribution in [0.25, 0.3) is 0 Å². The number of aryl methyl sites for hydroxylation is 1. The first-order valence-electron chi connectivity index (χ1n) is 9.38. The summed E-state index contributed by atoms with van der Waals surface area (Å²) in [6.07, 6.45) is 1.76. The highest BCUT2D eigenvalue weighted by atomic mass is 35.5. The normalized spacial score (nSPS) is 11.4. The van der Waals surface area contributed by atoms with Crippen LogP contribution >= 0.6 is 11.6 Å². The number of carbonyl (C=O) groups excluding carboxylic acids is 1. The van der Waals surface area contributed by atoms with Crippen LogP contribution in [-0.4, -0.2) is 33.4 Å². The van der Waals surface area contributed by atoms with Gasteiger partial charge in [0.25, 0.3) is 0 Å². The Hall–Kier alpha value is -1.92. The number of hydrogen-bond donors (Lipinski definition) is 1. The van der Waals surface area contributed by atoms with Gasteiger partial charge < -0.3 is 14.6 Å². The average molecular weight is 393 g/mol. The van der Waals surface area contributed by atoms with E-state index >= 15 is 0 Å². The van der Waals surface area contributed by atoms with E-state index in [4.69, 9.17) is 16.3 Å². The number of benzene rings is 1. The minimum Gasteiger partial charge on any atom is -0.378 e. The Morgan fingerprint density at radius 1 is 1.19 bits per heavy atom. The van der Waals surface area contributed by atoms with Gasteiger partial charge in [-0.3, -0.25) is 4.79 Å². The molecule has 1 heterocycles. The Bertz CT molecular complexity index is 771. The first-order valence-corrected chi connectivity index (χ1v) is 9.76. The van der Waals surface area contributed by atoms with E-state index in [1.165, 1.54) is 0 Å². The maximum absolute atomic E-state index is 12.4. The Balaban J connectivity index is 1.99. The third-order valence-electron chi connectivity index (χ3n) is 4.25. The number of nitrogens with zero attached hydrogens (tertiary/aromatic N) is 3. The van der Waals surface area contributed by atoms with Crippen LogP contribution < -0.4 is 5.32 Å². The molecule has 0 aliphatic rings. The lowest BCUT2D eigenvalue weighted by Crippen LogP contribution is -2.17. The smallest absolute Gasteiger partial charge is 0.224 e. The fourth-order valence-electron chi connectivity index (χ4n) is 2.86. The third kappa shape index (κ3) is 6.04. The molecule has 0 aliphatic carbocycles. The molecule has 1 N–H and O–H groups in total. The predicted octanol–water partition coefficient (Wildman–Crippen LogP) is 4.36. The highest BCUT2D eigenvalue weighted by Gasteiger charge is 2.16. The molecular formula is C20H29ClN4O2. The molecule has 2 rings (SSSR count). The highest BCUT2D eigenvalue weighted by Crippen LogP contribution is 2.23. The number of halogens is 1. The van der Waals surface area contributed by atoms with Crippen molar-refractivity contribution < 1.29 is 9.53 Å². The zero-order valence-corrected chi connectivity index (χ0v) is 17.5. The Morgan fingerprint density at radius 3 is 2.48 bits per heavy atom. The van der Waals surface area contributed by atoms with Crippen molar-refractivity contribution in [3.8, 4) is 0 Å². The van der Waals surface area contributed by atoms with Gasteiger partial charge >= 0.3 is 0 Å². The Morgan fingerprint density at radius 2 is 1.85 bits per heavy atom. The molecule has 1 amide bonds. The molecule has 0 saturated heterocycles. The Labute approximate surface area is 166 Å². The van der Waals surface area contributed by atoms with E-state index in [1.54, 1.807) is 0 Å². The molecule has 0 unspecified atom stereocenters. The summed E-state index contributed by atoms with van der Waals surface area (Å²) in [6.45, 7) is 10.7. The number of ether oxygens (including phenoxy) is 1. The zero-order chi connectivity index (χ0) is 20.0. The molecule has 0 aliphatic heterocycles. The van der Waals surface area contributed by atoms with Crippen molar-refractivity contribution in [3.63, 3.8) is 0 Å². The monoisotopic (exact) mass is 392 g/mol. The van der Waals surface area contributed by atoms with E-state index in [0.717, 1.165) is 22.9 Å². The molecule has 0 atom stereocenters. The number of carbonyl (C=O) groups is 1. The van der Waals surface area contributed by atoms with Crippen molar-refractivity contribution in [2.45, 2.75) is 66.0 Å². The quantitative estimate of drug-likeness (QED) is 0.688. The molecule has 0 spiro atoms. The molecule has 0 bridgehead atoms. The van der Waals surface area contributed by atoms with Crippen molar-refractivity contribution in [1.29, 1.82) is 0 Å².